The molecule has 0 heterocycles. The second-order valence-corrected chi connectivity index (χ2v) is 4.25. The third kappa shape index (κ3) is 7.84. The van der Waals surface area contributed by atoms with Crippen LogP contribution in [0.4, 0.5) is 0 Å². The first kappa shape index (κ1) is 16.6. The second-order valence-electron chi connectivity index (χ2n) is 4.25. The lowest BCUT2D eigenvalue weighted by atomic mass is 10.2. The van der Waals surface area contributed by atoms with Crippen molar-refractivity contribution >= 4 is 11.9 Å². The quantitative estimate of drug-likeness (QED) is 0.389. The van der Waals surface area contributed by atoms with E-state index in [1.165, 1.54) is 0 Å². The van der Waals surface area contributed by atoms with Crippen molar-refractivity contribution in [1.82, 2.24) is 5.32 Å². The van der Waals surface area contributed by atoms with Crippen molar-refractivity contribution in [3.63, 3.8) is 0 Å². The number of carbonyl (C=O) groups excluding carboxylic acids is 2. The SMILES string of the molecule is C/C=C\CCCC(=O)N[C@H](CO)C(=O)OC(C)C. The first-order valence-corrected chi connectivity index (χ1v) is 6.23. The van der Waals surface area contributed by atoms with Gasteiger partial charge in [-0.25, -0.2) is 4.79 Å². The van der Waals surface area contributed by atoms with Gasteiger partial charge < -0.3 is 15.2 Å². The van der Waals surface area contributed by atoms with Gasteiger partial charge >= 0.3 is 5.97 Å². The Bertz CT molecular complexity index is 287. The second kappa shape index (κ2) is 9.65. The summed E-state index contributed by atoms with van der Waals surface area (Å²) in [5.41, 5.74) is 0. The van der Waals surface area contributed by atoms with E-state index in [0.29, 0.717) is 12.8 Å². The molecule has 5 nitrogen and oxygen atoms in total. The van der Waals surface area contributed by atoms with Gasteiger partial charge in [0.15, 0.2) is 6.04 Å². The number of allylic oxidation sites excluding steroid dienone is 2. The standard InChI is InChI=1S/C13H23NO4/c1-4-5-6-7-8-12(16)14-11(9-15)13(17)18-10(2)3/h4-5,10-11,15H,6-9H2,1-3H3,(H,14,16)/b5-4-/t11-/m1/s1. The van der Waals surface area contributed by atoms with Gasteiger partial charge in [-0.2, -0.15) is 0 Å². The molecular formula is C13H23NO4. The van der Waals surface area contributed by atoms with Crippen LogP contribution in [0, 0.1) is 0 Å². The van der Waals surface area contributed by atoms with Crippen LogP contribution in [0.2, 0.25) is 0 Å². The number of nitrogens with one attached hydrogen (secondary N) is 1. The number of rotatable bonds is 8. The van der Waals surface area contributed by atoms with E-state index in [0.717, 1.165) is 6.42 Å². The van der Waals surface area contributed by atoms with E-state index in [1.807, 2.05) is 19.1 Å². The number of unbranched alkanes of at least 4 members (excludes halogenated alkanes) is 1. The topological polar surface area (TPSA) is 75.6 Å². The largest absolute Gasteiger partial charge is 0.461 e. The number of amides is 1. The van der Waals surface area contributed by atoms with Crippen LogP contribution in [-0.2, 0) is 14.3 Å². The molecule has 104 valence electrons. The van der Waals surface area contributed by atoms with E-state index in [9.17, 15) is 9.59 Å². The third-order valence-corrected chi connectivity index (χ3v) is 2.16. The average Bonchev–Trinajstić information content (AvgIpc) is 2.30. The minimum atomic E-state index is -0.971. The van der Waals surface area contributed by atoms with Crippen molar-refractivity contribution in [2.24, 2.45) is 0 Å². The number of carbonyl (C=O) groups is 2. The van der Waals surface area contributed by atoms with Crippen molar-refractivity contribution in [1.29, 1.82) is 0 Å². The molecule has 1 atom stereocenters. The number of hydrogen-bond acceptors (Lipinski definition) is 4. The fourth-order valence-electron chi connectivity index (χ4n) is 1.31. The number of esters is 1. The molecule has 0 radical (unpaired) electrons. The summed E-state index contributed by atoms with van der Waals surface area (Å²) in [6, 6.07) is -0.971. The minimum Gasteiger partial charge on any atom is -0.461 e. The lowest BCUT2D eigenvalue weighted by Gasteiger charge is -2.16. The van der Waals surface area contributed by atoms with Gasteiger partial charge in [0, 0.05) is 6.42 Å². The summed E-state index contributed by atoms with van der Waals surface area (Å²) in [6.45, 7) is 4.90. The maximum Gasteiger partial charge on any atom is 0.331 e. The Balaban J connectivity index is 4.03. The molecule has 0 saturated heterocycles. The van der Waals surface area contributed by atoms with E-state index in [4.69, 9.17) is 9.84 Å². The minimum absolute atomic E-state index is 0.251. The van der Waals surface area contributed by atoms with Crippen LogP contribution >= 0.6 is 0 Å². The monoisotopic (exact) mass is 257 g/mol. The Kier molecular flexibility index (Phi) is 8.92. The predicted octanol–water partition coefficient (Wildman–Crippen LogP) is 1.16. The fourth-order valence-corrected chi connectivity index (χ4v) is 1.31. The average molecular weight is 257 g/mol. The third-order valence-electron chi connectivity index (χ3n) is 2.16. The predicted molar refractivity (Wildman–Crippen MR) is 68.9 cm³/mol. The molecule has 0 aliphatic rings. The molecule has 5 heteroatoms. The van der Waals surface area contributed by atoms with E-state index in [2.05, 4.69) is 5.32 Å². The van der Waals surface area contributed by atoms with Gasteiger partial charge in [0.1, 0.15) is 0 Å². The summed E-state index contributed by atoms with van der Waals surface area (Å²) in [7, 11) is 0. The Labute approximate surface area is 108 Å². The molecule has 0 unspecified atom stereocenters. The summed E-state index contributed by atoms with van der Waals surface area (Å²) in [6.07, 6.45) is 5.50. The van der Waals surface area contributed by atoms with Gasteiger partial charge in [-0.3, -0.25) is 4.79 Å². The molecule has 1 amide bonds. The molecule has 0 aliphatic carbocycles. The van der Waals surface area contributed by atoms with E-state index >= 15 is 0 Å². The van der Waals surface area contributed by atoms with Gasteiger partial charge in [0.2, 0.25) is 5.91 Å². The molecule has 0 fully saturated rings. The van der Waals surface area contributed by atoms with Crippen LogP contribution < -0.4 is 5.32 Å². The zero-order valence-electron chi connectivity index (χ0n) is 11.3. The summed E-state index contributed by atoms with van der Waals surface area (Å²) in [5, 5.41) is 11.5. The molecular weight excluding hydrogens is 234 g/mol. The van der Waals surface area contributed by atoms with Gasteiger partial charge in [0.25, 0.3) is 0 Å². The lowest BCUT2D eigenvalue weighted by molar-refractivity contribution is -0.152. The zero-order valence-corrected chi connectivity index (χ0v) is 11.3. The summed E-state index contributed by atoms with van der Waals surface area (Å²) < 4.78 is 4.92. The van der Waals surface area contributed by atoms with Crippen LogP contribution in [0.3, 0.4) is 0 Å². The molecule has 0 aromatic rings. The van der Waals surface area contributed by atoms with Crippen LogP contribution in [0.5, 0.6) is 0 Å². The molecule has 0 bridgehead atoms. The number of ether oxygens (including phenoxy) is 1. The normalized spacial score (nSPS) is 12.7. The Morgan fingerprint density at radius 1 is 1.39 bits per heavy atom. The van der Waals surface area contributed by atoms with Gasteiger partial charge in [0.05, 0.1) is 12.7 Å². The maximum absolute atomic E-state index is 11.5. The molecule has 18 heavy (non-hydrogen) atoms. The van der Waals surface area contributed by atoms with E-state index in [1.54, 1.807) is 13.8 Å². The zero-order chi connectivity index (χ0) is 14.0. The van der Waals surface area contributed by atoms with Crippen LogP contribution in [0.15, 0.2) is 12.2 Å². The first-order chi connectivity index (χ1) is 8.51. The molecule has 0 spiro atoms. The van der Waals surface area contributed by atoms with E-state index in [-0.39, 0.29) is 12.0 Å². The highest BCUT2D eigenvalue weighted by Crippen LogP contribution is 1.99. The van der Waals surface area contributed by atoms with Crippen LogP contribution in [0.25, 0.3) is 0 Å². The molecule has 0 aromatic carbocycles. The highest BCUT2D eigenvalue weighted by molar-refractivity contribution is 5.84. The van der Waals surface area contributed by atoms with Crippen LogP contribution in [0.1, 0.15) is 40.0 Å². The van der Waals surface area contributed by atoms with Gasteiger partial charge in [-0.05, 0) is 33.6 Å². The van der Waals surface area contributed by atoms with Gasteiger partial charge in [-0.1, -0.05) is 12.2 Å². The number of aliphatic hydroxyl groups is 1. The molecule has 0 rings (SSSR count). The van der Waals surface area contributed by atoms with Crippen molar-refractivity contribution in [2.75, 3.05) is 6.61 Å². The van der Waals surface area contributed by atoms with Gasteiger partial charge in [-0.15, -0.1) is 0 Å². The number of aliphatic hydroxyl groups excluding tert-OH is 1. The lowest BCUT2D eigenvalue weighted by Crippen LogP contribution is -2.44. The number of hydrogen-bond donors (Lipinski definition) is 2. The summed E-state index contributed by atoms with van der Waals surface area (Å²) >= 11 is 0. The van der Waals surface area contributed by atoms with Crippen molar-refractivity contribution in [2.45, 2.75) is 52.2 Å². The molecule has 2 N–H and O–H groups in total. The smallest absolute Gasteiger partial charge is 0.331 e. The van der Waals surface area contributed by atoms with Crippen molar-refractivity contribution < 1.29 is 19.4 Å². The Hall–Kier alpha value is -1.36. The highest BCUT2D eigenvalue weighted by Gasteiger charge is 2.21. The Morgan fingerprint density at radius 3 is 2.56 bits per heavy atom. The summed E-state index contributed by atoms with van der Waals surface area (Å²) in [5.74, 6) is -0.853. The summed E-state index contributed by atoms with van der Waals surface area (Å²) in [4.78, 5) is 23.0. The fraction of sp³-hybridized carbons (Fsp3) is 0.692. The molecule has 0 aromatic heterocycles. The molecule has 0 aliphatic heterocycles. The first-order valence-electron chi connectivity index (χ1n) is 6.23. The highest BCUT2D eigenvalue weighted by atomic mass is 16.5. The maximum atomic E-state index is 11.5. The van der Waals surface area contributed by atoms with E-state index < -0.39 is 18.6 Å². The van der Waals surface area contributed by atoms with Crippen molar-refractivity contribution in [3.8, 4) is 0 Å². The van der Waals surface area contributed by atoms with Crippen LogP contribution in [-0.4, -0.2) is 35.7 Å². The van der Waals surface area contributed by atoms with Crippen molar-refractivity contribution in [3.05, 3.63) is 12.2 Å². The Morgan fingerprint density at radius 2 is 2.06 bits per heavy atom. The molecule has 0 saturated carbocycles.